The van der Waals surface area contributed by atoms with Gasteiger partial charge in [0.1, 0.15) is 0 Å². The van der Waals surface area contributed by atoms with Gasteiger partial charge in [-0.1, -0.05) is 18.6 Å². The fraction of sp³-hybridized carbons (Fsp3) is 0.625. The maximum absolute atomic E-state index is 8.49. The van der Waals surface area contributed by atoms with Crippen molar-refractivity contribution in [1.29, 1.82) is 5.26 Å². The normalized spacial score (nSPS) is 9.75. The van der Waals surface area contributed by atoms with E-state index in [1.807, 2.05) is 7.05 Å². The number of nitriles is 1. The van der Waals surface area contributed by atoms with Gasteiger partial charge in [-0.2, -0.15) is 5.26 Å². The van der Waals surface area contributed by atoms with Gasteiger partial charge in [0, 0.05) is 7.05 Å². The maximum Gasteiger partial charge on any atom is 0.0999 e. The second-order valence-electron chi connectivity index (χ2n) is 2.69. The molecular formula is C8H12N4. The summed E-state index contributed by atoms with van der Waals surface area (Å²) in [5.74, 6) is 0. The topological polar surface area (TPSA) is 54.5 Å². The molecule has 0 aliphatic carbocycles. The van der Waals surface area contributed by atoms with Crippen LogP contribution in [0.25, 0.3) is 0 Å². The minimum Gasteiger partial charge on any atom is -0.252 e. The van der Waals surface area contributed by atoms with Crippen molar-refractivity contribution in [2.75, 3.05) is 0 Å². The maximum atomic E-state index is 8.49. The third-order valence-corrected chi connectivity index (χ3v) is 1.76. The molecule has 0 atom stereocenters. The van der Waals surface area contributed by atoms with Gasteiger partial charge in [-0.15, -0.1) is 5.10 Å². The van der Waals surface area contributed by atoms with Crippen LogP contribution in [0.4, 0.5) is 0 Å². The first-order valence-corrected chi connectivity index (χ1v) is 4.04. The smallest absolute Gasteiger partial charge is 0.0999 e. The highest BCUT2D eigenvalue weighted by Gasteiger charge is 2.07. The van der Waals surface area contributed by atoms with Crippen molar-refractivity contribution in [3.63, 3.8) is 0 Å². The van der Waals surface area contributed by atoms with Crippen molar-refractivity contribution in [2.45, 2.75) is 26.2 Å². The molecule has 0 fully saturated rings. The summed E-state index contributed by atoms with van der Waals surface area (Å²) in [6.45, 7) is 2.10. The van der Waals surface area contributed by atoms with Gasteiger partial charge < -0.3 is 0 Å². The summed E-state index contributed by atoms with van der Waals surface area (Å²) in [5, 5.41) is 16.3. The lowest BCUT2D eigenvalue weighted by molar-refractivity contribution is 0.669. The lowest BCUT2D eigenvalue weighted by atomic mass is 10.2. The summed E-state index contributed by atoms with van der Waals surface area (Å²) in [7, 11) is 1.86. The number of hydrogen-bond donors (Lipinski definition) is 0. The lowest BCUT2D eigenvalue weighted by Gasteiger charge is -1.98. The van der Waals surface area contributed by atoms with E-state index in [9.17, 15) is 0 Å². The zero-order chi connectivity index (χ0) is 8.97. The summed E-state index contributed by atoms with van der Waals surface area (Å²) < 4.78 is 1.75. The molecule has 1 rings (SSSR count). The Morgan fingerprint density at radius 3 is 2.92 bits per heavy atom. The fourth-order valence-electron chi connectivity index (χ4n) is 1.17. The van der Waals surface area contributed by atoms with Crippen LogP contribution in [0.15, 0.2) is 0 Å². The van der Waals surface area contributed by atoms with Crippen LogP contribution in [-0.2, 0) is 19.9 Å². The Morgan fingerprint density at radius 2 is 2.33 bits per heavy atom. The molecule has 0 aromatic carbocycles. The molecule has 12 heavy (non-hydrogen) atoms. The lowest BCUT2D eigenvalue weighted by Crippen LogP contribution is -1.99. The average Bonchev–Trinajstić information content (AvgIpc) is 2.37. The van der Waals surface area contributed by atoms with Crippen LogP contribution in [0, 0.1) is 11.3 Å². The first kappa shape index (κ1) is 8.72. The van der Waals surface area contributed by atoms with Crippen molar-refractivity contribution in [2.24, 2.45) is 7.05 Å². The van der Waals surface area contributed by atoms with E-state index in [4.69, 9.17) is 5.26 Å². The number of hydrogen-bond acceptors (Lipinski definition) is 3. The Labute approximate surface area is 71.8 Å². The summed E-state index contributed by atoms with van der Waals surface area (Å²) in [4.78, 5) is 0. The van der Waals surface area contributed by atoms with Gasteiger partial charge in [-0.3, -0.25) is 4.68 Å². The molecule has 1 heterocycles. The first-order valence-electron chi connectivity index (χ1n) is 4.04. The summed E-state index contributed by atoms with van der Waals surface area (Å²) in [6, 6.07) is 2.08. The van der Waals surface area contributed by atoms with Gasteiger partial charge in [0.25, 0.3) is 0 Å². The van der Waals surface area contributed by atoms with Crippen LogP contribution < -0.4 is 0 Å². The van der Waals surface area contributed by atoms with E-state index in [-0.39, 0.29) is 0 Å². The molecule has 0 aliphatic heterocycles. The number of aromatic nitrogens is 3. The quantitative estimate of drug-likeness (QED) is 0.665. The molecule has 0 radical (unpaired) electrons. The second kappa shape index (κ2) is 3.86. The molecule has 0 saturated carbocycles. The van der Waals surface area contributed by atoms with Gasteiger partial charge in [0.15, 0.2) is 0 Å². The molecule has 0 aliphatic rings. The molecule has 64 valence electrons. The second-order valence-corrected chi connectivity index (χ2v) is 2.69. The van der Waals surface area contributed by atoms with E-state index in [1.54, 1.807) is 4.68 Å². The van der Waals surface area contributed by atoms with Crippen molar-refractivity contribution in [3.8, 4) is 6.07 Å². The largest absolute Gasteiger partial charge is 0.252 e. The Balaban J connectivity index is 2.89. The molecule has 0 bridgehead atoms. The van der Waals surface area contributed by atoms with E-state index in [2.05, 4.69) is 23.3 Å². The van der Waals surface area contributed by atoms with Gasteiger partial charge in [0.2, 0.25) is 0 Å². The van der Waals surface area contributed by atoms with Gasteiger partial charge >= 0.3 is 0 Å². The summed E-state index contributed by atoms with van der Waals surface area (Å²) >= 11 is 0. The highest BCUT2D eigenvalue weighted by atomic mass is 15.4. The summed E-state index contributed by atoms with van der Waals surface area (Å²) in [5.41, 5.74) is 1.90. The molecule has 0 N–H and O–H groups in total. The van der Waals surface area contributed by atoms with Crippen molar-refractivity contribution in [3.05, 3.63) is 11.4 Å². The third-order valence-electron chi connectivity index (χ3n) is 1.76. The minimum absolute atomic E-state index is 0.364. The van der Waals surface area contributed by atoms with Crippen LogP contribution in [0.5, 0.6) is 0 Å². The molecule has 1 aromatic heterocycles. The zero-order valence-corrected chi connectivity index (χ0v) is 7.41. The molecule has 4 heteroatoms. The zero-order valence-electron chi connectivity index (χ0n) is 7.41. The minimum atomic E-state index is 0.364. The highest BCUT2D eigenvalue weighted by molar-refractivity contribution is 5.13. The number of aryl methyl sites for hydroxylation is 1. The van der Waals surface area contributed by atoms with Gasteiger partial charge in [-0.25, -0.2) is 0 Å². The standard InChI is InChI=1S/C8H12N4/c1-3-4-8-7(5-6-9)10-11-12(8)2/h3-5H2,1-2H3. The molecule has 0 saturated heterocycles. The Hall–Kier alpha value is -1.37. The van der Waals surface area contributed by atoms with Crippen LogP contribution in [-0.4, -0.2) is 15.0 Å². The molecule has 0 spiro atoms. The van der Waals surface area contributed by atoms with Crippen LogP contribution >= 0.6 is 0 Å². The third kappa shape index (κ3) is 1.62. The predicted molar refractivity (Wildman–Crippen MR) is 44.3 cm³/mol. The SMILES string of the molecule is CCCc1c(CC#N)nnn1C. The van der Waals surface area contributed by atoms with E-state index >= 15 is 0 Å². The molecule has 0 amide bonds. The summed E-state index contributed by atoms with van der Waals surface area (Å²) in [6.07, 6.45) is 2.36. The Bertz CT molecular complexity index is 294. The van der Waals surface area contributed by atoms with Crippen LogP contribution in [0.1, 0.15) is 24.7 Å². The van der Waals surface area contributed by atoms with E-state index in [1.165, 1.54) is 0 Å². The van der Waals surface area contributed by atoms with E-state index < -0.39 is 0 Å². The fourth-order valence-corrected chi connectivity index (χ4v) is 1.17. The van der Waals surface area contributed by atoms with Crippen molar-refractivity contribution in [1.82, 2.24) is 15.0 Å². The Morgan fingerprint density at radius 1 is 1.58 bits per heavy atom. The first-order chi connectivity index (χ1) is 5.79. The molecule has 1 aromatic rings. The van der Waals surface area contributed by atoms with E-state index in [0.29, 0.717) is 6.42 Å². The van der Waals surface area contributed by atoms with Gasteiger partial charge in [-0.05, 0) is 6.42 Å². The predicted octanol–water partition coefficient (Wildman–Crippen LogP) is 0.834. The monoisotopic (exact) mass is 164 g/mol. The number of rotatable bonds is 3. The van der Waals surface area contributed by atoms with Gasteiger partial charge in [0.05, 0.1) is 23.9 Å². The van der Waals surface area contributed by atoms with E-state index in [0.717, 1.165) is 24.2 Å². The molecular weight excluding hydrogens is 152 g/mol. The number of nitrogens with zero attached hydrogens (tertiary/aromatic N) is 4. The molecule has 0 unspecified atom stereocenters. The molecule has 4 nitrogen and oxygen atoms in total. The highest BCUT2D eigenvalue weighted by Crippen LogP contribution is 2.06. The van der Waals surface area contributed by atoms with Crippen LogP contribution in [0.3, 0.4) is 0 Å². The average molecular weight is 164 g/mol. The van der Waals surface area contributed by atoms with Crippen molar-refractivity contribution >= 4 is 0 Å². The van der Waals surface area contributed by atoms with Crippen LogP contribution in [0.2, 0.25) is 0 Å². The van der Waals surface area contributed by atoms with Crippen molar-refractivity contribution < 1.29 is 0 Å². The Kier molecular flexibility index (Phi) is 2.81.